The number of hydrogen-bond acceptors (Lipinski definition) is 19. The highest BCUT2D eigenvalue weighted by Gasteiger charge is 2.47. The summed E-state index contributed by atoms with van der Waals surface area (Å²) >= 11 is 0. The zero-order chi connectivity index (χ0) is 74.0. The number of aliphatic carboxylic acids is 1. The Bertz CT molecular complexity index is 3170. The summed E-state index contributed by atoms with van der Waals surface area (Å²) in [5, 5.41) is 62.0. The van der Waals surface area contributed by atoms with Crippen LogP contribution in [0.5, 0.6) is 5.75 Å². The molecule has 16 N–H and O–H groups in total. The number of likely N-dealkylation sites (tertiary alicyclic amines) is 5. The molecule has 5 aliphatic heterocycles. The van der Waals surface area contributed by atoms with Crippen LogP contribution in [0.1, 0.15) is 144 Å². The Morgan fingerprint density at radius 1 is 0.480 bits per heavy atom. The van der Waals surface area contributed by atoms with Crippen molar-refractivity contribution in [2.45, 2.75) is 229 Å². The van der Waals surface area contributed by atoms with Crippen LogP contribution >= 0.6 is 0 Å². The second-order valence-corrected chi connectivity index (χ2v) is 27.4. The Kier molecular flexibility index (Phi) is 29.5. The summed E-state index contributed by atoms with van der Waals surface area (Å²) in [5.41, 5.74) is 11.3. The highest BCUT2D eigenvalue weighted by atomic mass is 16.4. The van der Waals surface area contributed by atoms with E-state index in [1.54, 1.807) is 13.8 Å². The lowest BCUT2D eigenvalue weighted by Crippen LogP contribution is -2.61. The lowest BCUT2D eigenvalue weighted by molar-refractivity contribution is -0.149. The van der Waals surface area contributed by atoms with Crippen LogP contribution in [-0.2, 0) is 78.3 Å². The number of aliphatic hydroxyl groups is 2. The van der Waals surface area contributed by atoms with Crippen molar-refractivity contribution in [2.24, 2.45) is 23.3 Å². The predicted molar refractivity (Wildman–Crippen MR) is 355 cm³/mol. The van der Waals surface area contributed by atoms with Gasteiger partial charge in [-0.1, -0.05) is 39.8 Å². The monoisotopic (exact) mass is 1410 g/mol. The van der Waals surface area contributed by atoms with Crippen LogP contribution in [0.4, 0.5) is 0 Å². The summed E-state index contributed by atoms with van der Waals surface area (Å²) in [7, 11) is 0. The number of carbonyl (C=O) groups is 15. The summed E-state index contributed by atoms with van der Waals surface area (Å²) in [6.45, 7) is 10.3. The first kappa shape index (κ1) is 79.9. The molecule has 14 amide bonds. The number of carbonyl (C=O) groups excluding carboxylic acids is 14. The number of hydrogen-bond donors (Lipinski definition) is 14. The summed E-state index contributed by atoms with van der Waals surface area (Å²) in [6, 6.07) is -11.3. The van der Waals surface area contributed by atoms with Gasteiger partial charge in [-0.15, -0.1) is 0 Å². The normalized spacial score (nSPS) is 21.7. The number of amides is 14. The molecule has 0 saturated carbocycles. The molecule has 1 aromatic carbocycles. The molecular formula is C66H101N15O19. The van der Waals surface area contributed by atoms with Crippen LogP contribution < -0.4 is 54.0 Å². The van der Waals surface area contributed by atoms with E-state index < -0.39 is 186 Å². The largest absolute Gasteiger partial charge is 0.508 e. The van der Waals surface area contributed by atoms with Crippen molar-refractivity contribution >= 4 is 88.7 Å². The minimum Gasteiger partial charge on any atom is -0.508 e. The lowest BCUT2D eigenvalue weighted by Gasteiger charge is -2.34. The number of nitrogens with zero attached hydrogens (tertiary/aromatic N) is 5. The summed E-state index contributed by atoms with van der Waals surface area (Å²) in [4.78, 5) is 212. The van der Waals surface area contributed by atoms with Crippen molar-refractivity contribution in [1.29, 1.82) is 0 Å². The lowest BCUT2D eigenvalue weighted by atomic mass is 9.99. The van der Waals surface area contributed by atoms with Gasteiger partial charge in [0.1, 0.15) is 84.3 Å². The molecule has 5 fully saturated rings. The van der Waals surface area contributed by atoms with Gasteiger partial charge < -0.3 is 98.9 Å². The number of carboxylic acid groups (broad SMARTS) is 1. The zero-order valence-corrected chi connectivity index (χ0v) is 57.9. The molecule has 100 heavy (non-hydrogen) atoms. The van der Waals surface area contributed by atoms with Crippen molar-refractivity contribution in [3.05, 3.63) is 29.8 Å². The van der Waals surface area contributed by atoms with Gasteiger partial charge in [0, 0.05) is 45.6 Å². The van der Waals surface area contributed by atoms with Crippen molar-refractivity contribution in [3.63, 3.8) is 0 Å². The second-order valence-electron chi connectivity index (χ2n) is 27.4. The van der Waals surface area contributed by atoms with Gasteiger partial charge in [-0.3, -0.25) is 67.1 Å². The number of rotatable bonds is 33. The molecule has 0 aliphatic carbocycles. The molecule has 1 aromatic rings. The highest BCUT2D eigenvalue weighted by Crippen LogP contribution is 2.28. The number of phenols is 1. The maximum atomic E-state index is 14.6. The van der Waals surface area contributed by atoms with Gasteiger partial charge in [-0.05, 0) is 134 Å². The molecule has 5 saturated heterocycles. The number of nitrogens with one attached hydrogen (secondary N) is 8. The number of carboxylic acids is 1. The highest BCUT2D eigenvalue weighted by molar-refractivity contribution is 6.01. The molecular weight excluding hydrogens is 1310 g/mol. The third-order valence-corrected chi connectivity index (χ3v) is 18.7. The zero-order valence-electron chi connectivity index (χ0n) is 57.9. The van der Waals surface area contributed by atoms with E-state index in [0.717, 1.165) is 9.80 Å². The van der Waals surface area contributed by atoms with Crippen molar-refractivity contribution in [2.75, 3.05) is 45.9 Å². The third kappa shape index (κ3) is 21.2. The molecule has 34 nitrogen and oxygen atoms in total. The van der Waals surface area contributed by atoms with Gasteiger partial charge in [-0.2, -0.15) is 0 Å². The molecule has 0 bridgehead atoms. The Morgan fingerprint density at radius 2 is 0.910 bits per heavy atom. The van der Waals surface area contributed by atoms with Crippen molar-refractivity contribution in [1.82, 2.24) is 67.0 Å². The first-order valence-corrected chi connectivity index (χ1v) is 34.5. The molecule has 5 aliphatic rings. The van der Waals surface area contributed by atoms with E-state index >= 15 is 0 Å². The van der Waals surface area contributed by atoms with Crippen LogP contribution in [0, 0.1) is 11.8 Å². The number of aromatic hydroxyl groups is 1. The molecule has 0 aromatic heterocycles. The first-order valence-electron chi connectivity index (χ1n) is 34.5. The summed E-state index contributed by atoms with van der Waals surface area (Å²) in [6.07, 6.45) is 0.316. The number of phenolic OH excluding ortho intramolecular Hbond substituents is 1. The standard InChI is InChI=1S/C66H101N15O19/c1-34(2)29-42(55(88)74-44(30-35(3)4)63(96)81-28-12-17-50(81)66(99)100)72-57(90)45(33-82)75-56(89)43(31-39-18-20-40(84)21-19-39)73-59(92)47-14-8-24-77(47)62(95)41(22-23-51(68)85)71-54(87)36(5)70-58(91)46-13-10-26-79(46)65(98)53(38(7)83)76-60(93)48-15-9-25-78(48)64(97)49-16-11-27-80(49)61(94)37(6)69-52(86)32-67/h18-21,34-38,41-50,53,82-84H,8-17,22-33,67H2,1-7H3,(H2,68,85)(H,69,86)(H,70,91)(H,71,87)(H,72,90)(H,73,92)(H,74,88)(H,75,89)(H,76,93)(H,99,100)/t36-,37-,38+,41-,42-,43-,44-,45-,46-,47-,48-,49-,50-,53-/m0/s1. The molecule has 554 valence electrons. The van der Waals surface area contributed by atoms with Crippen LogP contribution in [0.2, 0.25) is 0 Å². The molecule has 34 heteroatoms. The smallest absolute Gasteiger partial charge is 0.326 e. The Morgan fingerprint density at radius 3 is 1.44 bits per heavy atom. The summed E-state index contributed by atoms with van der Waals surface area (Å²) in [5.74, 6) is -12.5. The van der Waals surface area contributed by atoms with E-state index in [4.69, 9.17) is 11.5 Å². The van der Waals surface area contributed by atoms with Crippen molar-refractivity contribution in [3.8, 4) is 5.75 Å². The maximum absolute atomic E-state index is 14.6. The fraction of sp³-hybridized carbons (Fsp3) is 0.682. The van der Waals surface area contributed by atoms with Gasteiger partial charge in [0.25, 0.3) is 0 Å². The Balaban J connectivity index is 1.10. The molecule has 6 rings (SSSR count). The SMILES string of the molecule is CC(C)C[C@H](NC(=O)[C@H](CO)NC(=O)[C@H](Cc1ccc(O)cc1)NC(=O)[C@@H]1CCCN1C(=O)[C@H](CCC(N)=O)NC(=O)[C@H](C)NC(=O)[C@@H]1CCCN1C(=O)[C@@H](NC(=O)[C@@H]1CCCN1C(=O)[C@@H]1CCCN1C(=O)[C@H](C)NC(=O)CN)[C@@H](C)O)C(=O)N[C@@H](CC(C)C)C(=O)N1CCC[C@H]1C(=O)O. The molecule has 0 spiro atoms. The minimum absolute atomic E-state index is 0.00332. The van der Waals surface area contributed by atoms with E-state index in [1.807, 2.05) is 13.8 Å². The van der Waals surface area contributed by atoms with Gasteiger partial charge in [0.05, 0.1) is 19.3 Å². The number of aliphatic hydroxyl groups excluding tert-OH is 2. The first-order chi connectivity index (χ1) is 47.3. The number of nitrogens with two attached hydrogens (primary N) is 2. The summed E-state index contributed by atoms with van der Waals surface area (Å²) < 4.78 is 0. The fourth-order valence-corrected chi connectivity index (χ4v) is 13.5. The molecule has 0 unspecified atom stereocenters. The van der Waals surface area contributed by atoms with Crippen molar-refractivity contribution < 1.29 is 92.3 Å². The predicted octanol–water partition coefficient (Wildman–Crippen LogP) is -4.42. The molecule has 0 radical (unpaired) electrons. The molecule has 5 heterocycles. The average Bonchev–Trinajstić information content (AvgIpc) is 1.61. The number of primary amides is 1. The van der Waals surface area contributed by atoms with Gasteiger partial charge in [0.2, 0.25) is 82.7 Å². The van der Waals surface area contributed by atoms with Crippen LogP contribution in [0.15, 0.2) is 24.3 Å². The van der Waals surface area contributed by atoms with Gasteiger partial charge in [0.15, 0.2) is 0 Å². The van der Waals surface area contributed by atoms with E-state index in [-0.39, 0.29) is 115 Å². The van der Waals surface area contributed by atoms with E-state index in [2.05, 4.69) is 42.5 Å². The third-order valence-electron chi connectivity index (χ3n) is 18.7. The fourth-order valence-electron chi connectivity index (χ4n) is 13.5. The van der Waals surface area contributed by atoms with Crippen LogP contribution in [0.3, 0.4) is 0 Å². The van der Waals surface area contributed by atoms with Gasteiger partial charge in [-0.25, -0.2) is 4.79 Å². The maximum Gasteiger partial charge on any atom is 0.326 e. The van der Waals surface area contributed by atoms with Gasteiger partial charge >= 0.3 is 5.97 Å². The number of benzene rings is 1. The van der Waals surface area contributed by atoms with E-state index in [0.29, 0.717) is 37.7 Å². The quantitative estimate of drug-likeness (QED) is 0.0316. The minimum atomic E-state index is -1.74. The Labute approximate surface area is 580 Å². The Hall–Kier alpha value is -9.05. The average molecular weight is 1410 g/mol. The van der Waals surface area contributed by atoms with E-state index in [9.17, 15) is 92.3 Å². The van der Waals surface area contributed by atoms with Crippen LogP contribution in [0.25, 0.3) is 0 Å². The topological polar surface area (TPSA) is 501 Å². The second kappa shape index (κ2) is 36.9. The molecule has 14 atom stereocenters. The van der Waals surface area contributed by atoms with E-state index in [1.165, 1.54) is 59.7 Å². The van der Waals surface area contributed by atoms with Crippen LogP contribution in [-0.4, -0.2) is 264 Å².